The van der Waals surface area contributed by atoms with Crippen molar-refractivity contribution in [1.29, 1.82) is 0 Å². The van der Waals surface area contributed by atoms with Gasteiger partial charge in [-0.05, 0) is 57.2 Å². The molecule has 0 saturated carbocycles. The van der Waals surface area contributed by atoms with Crippen LogP contribution in [0.15, 0.2) is 72.8 Å². The first kappa shape index (κ1) is 14.9. The van der Waals surface area contributed by atoms with Crippen molar-refractivity contribution in [3.05, 3.63) is 72.8 Å². The Morgan fingerprint density at radius 2 is 0.875 bits per heavy atom. The number of hydrogen-bond acceptors (Lipinski definition) is 2. The second-order valence-corrected chi connectivity index (χ2v) is 5.92. The Bertz CT molecular complexity index is 1040. The third kappa shape index (κ3) is 2.20. The number of hydrogen-bond donors (Lipinski definition) is 2. The van der Waals surface area contributed by atoms with E-state index >= 15 is 0 Å². The lowest BCUT2D eigenvalue weighted by Crippen LogP contribution is -2.21. The van der Waals surface area contributed by atoms with Crippen LogP contribution in [0.1, 0.15) is 0 Å². The Balaban J connectivity index is 0.000000332. The molecule has 0 aliphatic rings. The normalized spacial score (nSPS) is 11.2. The van der Waals surface area contributed by atoms with E-state index in [2.05, 4.69) is 83.6 Å². The Hall–Kier alpha value is -2.68. The van der Waals surface area contributed by atoms with Crippen molar-refractivity contribution in [2.75, 3.05) is 14.1 Å². The number of fused-ring (bicyclic) bond motifs is 3. The van der Waals surface area contributed by atoms with Gasteiger partial charge >= 0.3 is 0 Å². The maximum atomic E-state index is 2.68. The lowest BCUT2D eigenvalue weighted by molar-refractivity contribution is 0.689. The van der Waals surface area contributed by atoms with Crippen LogP contribution in [0.3, 0.4) is 0 Å². The summed E-state index contributed by atoms with van der Waals surface area (Å²) in [6.45, 7) is 0. The van der Waals surface area contributed by atoms with Crippen molar-refractivity contribution in [2.24, 2.45) is 0 Å². The largest absolute Gasteiger partial charge is 0.261 e. The maximum absolute atomic E-state index is 2.68. The van der Waals surface area contributed by atoms with Crippen molar-refractivity contribution >= 4 is 43.1 Å². The van der Waals surface area contributed by atoms with E-state index in [0.29, 0.717) is 0 Å². The van der Waals surface area contributed by atoms with Gasteiger partial charge in [-0.15, -0.1) is 0 Å². The van der Waals surface area contributed by atoms with Crippen molar-refractivity contribution < 1.29 is 0 Å². The zero-order valence-corrected chi connectivity index (χ0v) is 13.9. The van der Waals surface area contributed by atoms with E-state index in [1.807, 2.05) is 14.1 Å². The minimum atomic E-state index is 1.33. The molecule has 0 amide bonds. The molecule has 5 rings (SSSR count). The summed E-state index contributed by atoms with van der Waals surface area (Å²) in [7, 11) is 3.64. The molecule has 0 saturated heterocycles. The monoisotopic (exact) mass is 312 g/mol. The highest BCUT2D eigenvalue weighted by molar-refractivity contribution is 6.33. The molecule has 0 aliphatic carbocycles. The predicted molar refractivity (Wildman–Crippen MR) is 106 cm³/mol. The van der Waals surface area contributed by atoms with Crippen LogP contribution in [0.4, 0.5) is 0 Å². The van der Waals surface area contributed by atoms with Crippen LogP contribution in [0.25, 0.3) is 43.1 Å². The van der Waals surface area contributed by atoms with Gasteiger partial charge in [0.05, 0.1) is 0 Å². The topological polar surface area (TPSA) is 24.1 Å². The summed E-state index contributed by atoms with van der Waals surface area (Å²) >= 11 is 0. The molecule has 2 heteroatoms. The van der Waals surface area contributed by atoms with Crippen molar-refractivity contribution in [3.63, 3.8) is 0 Å². The zero-order valence-electron chi connectivity index (χ0n) is 13.9. The fourth-order valence-corrected chi connectivity index (χ4v) is 3.56. The first-order valence-corrected chi connectivity index (χ1v) is 8.23. The Morgan fingerprint density at radius 1 is 0.458 bits per heavy atom. The molecule has 0 aromatic heterocycles. The first-order valence-electron chi connectivity index (χ1n) is 8.23. The van der Waals surface area contributed by atoms with Gasteiger partial charge in [0.25, 0.3) is 0 Å². The van der Waals surface area contributed by atoms with Gasteiger partial charge in [-0.3, -0.25) is 10.9 Å². The van der Waals surface area contributed by atoms with Crippen LogP contribution in [-0.4, -0.2) is 14.1 Å². The number of benzene rings is 5. The molecular weight excluding hydrogens is 292 g/mol. The van der Waals surface area contributed by atoms with Crippen molar-refractivity contribution in [3.8, 4) is 0 Å². The Labute approximate surface area is 141 Å². The summed E-state index contributed by atoms with van der Waals surface area (Å²) in [5, 5.41) is 10.9. The summed E-state index contributed by atoms with van der Waals surface area (Å²) in [6, 6.07) is 26.4. The maximum Gasteiger partial charge on any atom is -0.00150 e. The molecule has 2 N–H and O–H groups in total. The van der Waals surface area contributed by atoms with E-state index < -0.39 is 0 Å². The quantitative estimate of drug-likeness (QED) is 0.256. The lowest BCUT2D eigenvalue weighted by atomic mass is 9.89. The van der Waals surface area contributed by atoms with E-state index in [0.717, 1.165) is 0 Å². The second-order valence-electron chi connectivity index (χ2n) is 5.92. The van der Waals surface area contributed by atoms with E-state index in [1.54, 1.807) is 0 Å². The zero-order chi connectivity index (χ0) is 16.5. The highest BCUT2D eigenvalue weighted by Gasteiger charge is 2.11. The van der Waals surface area contributed by atoms with Crippen LogP contribution in [0.5, 0.6) is 0 Å². The third-order valence-electron chi connectivity index (χ3n) is 4.64. The van der Waals surface area contributed by atoms with Gasteiger partial charge in [0.2, 0.25) is 0 Å². The SMILES string of the molecule is CNNC.c1ccc2c(c1)c1cccc3ccc4cccc2c4c31. The van der Waals surface area contributed by atoms with Gasteiger partial charge in [0.15, 0.2) is 0 Å². The second kappa shape index (κ2) is 6.08. The van der Waals surface area contributed by atoms with Gasteiger partial charge < -0.3 is 0 Å². The van der Waals surface area contributed by atoms with Gasteiger partial charge in [-0.1, -0.05) is 72.8 Å². The molecule has 0 unspecified atom stereocenters. The highest BCUT2D eigenvalue weighted by atomic mass is 15.3. The summed E-state index contributed by atoms with van der Waals surface area (Å²) in [5.74, 6) is 0. The Kier molecular flexibility index (Phi) is 3.77. The Morgan fingerprint density at radius 3 is 1.29 bits per heavy atom. The summed E-state index contributed by atoms with van der Waals surface area (Å²) in [6.07, 6.45) is 0. The molecule has 5 aromatic carbocycles. The molecule has 24 heavy (non-hydrogen) atoms. The molecule has 5 aromatic rings. The molecule has 0 aliphatic heterocycles. The molecule has 2 nitrogen and oxygen atoms in total. The van der Waals surface area contributed by atoms with E-state index in [-0.39, 0.29) is 0 Å². The molecule has 0 fully saturated rings. The van der Waals surface area contributed by atoms with Crippen molar-refractivity contribution in [2.45, 2.75) is 0 Å². The van der Waals surface area contributed by atoms with E-state index in [4.69, 9.17) is 0 Å². The number of nitrogens with one attached hydrogen (secondary N) is 2. The van der Waals surface area contributed by atoms with Gasteiger partial charge in [-0.25, -0.2) is 0 Å². The molecule has 0 spiro atoms. The molecule has 118 valence electrons. The number of rotatable bonds is 1. The lowest BCUT2D eigenvalue weighted by Gasteiger charge is -2.14. The third-order valence-corrected chi connectivity index (χ3v) is 4.64. The van der Waals surface area contributed by atoms with Gasteiger partial charge in [-0.2, -0.15) is 0 Å². The van der Waals surface area contributed by atoms with Crippen LogP contribution < -0.4 is 10.9 Å². The minimum absolute atomic E-state index is 1.33. The van der Waals surface area contributed by atoms with Crippen LogP contribution >= 0.6 is 0 Å². The average molecular weight is 312 g/mol. The van der Waals surface area contributed by atoms with Gasteiger partial charge in [0.1, 0.15) is 0 Å². The first-order chi connectivity index (χ1) is 11.8. The van der Waals surface area contributed by atoms with Crippen molar-refractivity contribution in [1.82, 2.24) is 10.9 Å². The summed E-state index contributed by atoms with van der Waals surface area (Å²) in [5.41, 5.74) is 5.36. The highest BCUT2D eigenvalue weighted by Crippen LogP contribution is 2.40. The average Bonchev–Trinajstić information content (AvgIpc) is 2.67. The fourth-order valence-electron chi connectivity index (χ4n) is 3.56. The van der Waals surface area contributed by atoms with E-state index in [1.165, 1.54) is 43.1 Å². The standard InChI is InChI=1S/C20H12.C2H8N2/c1-2-8-16-15(7-1)17-9-3-5-13-11-12-14-6-4-10-18(16)20(14)19(13)17;1-3-4-2/h1-12H;3-4H,1-2H3. The molecule has 0 heterocycles. The van der Waals surface area contributed by atoms with Gasteiger partial charge in [0, 0.05) is 0 Å². The van der Waals surface area contributed by atoms with Crippen LogP contribution in [-0.2, 0) is 0 Å². The molecule has 0 atom stereocenters. The minimum Gasteiger partial charge on any atom is -0.261 e. The summed E-state index contributed by atoms with van der Waals surface area (Å²) < 4.78 is 0. The fraction of sp³-hybridized carbons (Fsp3) is 0.0909. The van der Waals surface area contributed by atoms with E-state index in [9.17, 15) is 0 Å². The van der Waals surface area contributed by atoms with Crippen LogP contribution in [0.2, 0.25) is 0 Å². The summed E-state index contributed by atoms with van der Waals surface area (Å²) in [4.78, 5) is 0. The van der Waals surface area contributed by atoms with Crippen LogP contribution in [0, 0.1) is 0 Å². The molecular formula is C22H20N2. The predicted octanol–water partition coefficient (Wildman–Crippen LogP) is 5.08. The molecule has 0 radical (unpaired) electrons. The smallest absolute Gasteiger partial charge is 0.00150 e. The number of hydrazine groups is 1. The molecule has 0 bridgehead atoms.